The summed E-state index contributed by atoms with van der Waals surface area (Å²) in [4.78, 5) is 0. The van der Waals surface area contributed by atoms with Crippen LogP contribution in [0.2, 0.25) is 0 Å². The van der Waals surface area contributed by atoms with E-state index in [2.05, 4.69) is 5.11 Å². The van der Waals surface area contributed by atoms with Gasteiger partial charge in [-0.25, -0.2) is 0 Å². The molecule has 0 aliphatic carbocycles. The van der Waals surface area contributed by atoms with Crippen molar-refractivity contribution in [3.63, 3.8) is 0 Å². The van der Waals surface area contributed by atoms with Crippen molar-refractivity contribution in [1.29, 1.82) is 0 Å². The summed E-state index contributed by atoms with van der Waals surface area (Å²) in [5.41, 5.74) is 5.30. The van der Waals surface area contributed by atoms with E-state index >= 15 is 0 Å². The highest BCUT2D eigenvalue weighted by molar-refractivity contribution is 4.51. The Morgan fingerprint density at radius 1 is 1.67 bits per heavy atom. The zero-order valence-corrected chi connectivity index (χ0v) is 5.28. The van der Waals surface area contributed by atoms with E-state index < -0.39 is 5.02 Å². The minimum absolute atomic E-state index is 0.00583. The Morgan fingerprint density at radius 2 is 2.22 bits per heavy atom. The van der Waals surface area contributed by atoms with Gasteiger partial charge in [0.2, 0.25) is 0 Å². The summed E-state index contributed by atoms with van der Waals surface area (Å²) < 4.78 is 0. The van der Waals surface area contributed by atoms with E-state index in [-0.39, 0.29) is 12.6 Å². The first-order chi connectivity index (χ1) is 4.13. The Kier molecular flexibility index (Phi) is 3.70. The lowest BCUT2D eigenvalue weighted by molar-refractivity contribution is -0.459. The van der Waals surface area contributed by atoms with Crippen LogP contribution in [-0.4, -0.2) is 17.6 Å². The van der Waals surface area contributed by atoms with E-state index in [0.29, 0.717) is 6.42 Å². The van der Waals surface area contributed by atoms with Crippen molar-refractivity contribution in [1.82, 2.24) is 0 Å². The maximum atomic E-state index is 9.58. The topological polar surface area (TPSA) is 87.5 Å². The average molecular weight is 132 g/mol. The predicted octanol–water partition coefficient (Wildman–Crippen LogP) is 0.184. The van der Waals surface area contributed by atoms with Gasteiger partial charge in [0.1, 0.15) is 6.54 Å². The molecule has 0 radical (unpaired) electrons. The molecule has 0 spiro atoms. The molecule has 0 fully saturated rings. The first-order valence-electron chi connectivity index (χ1n) is 2.70. The number of rotatable bonds is 3. The highest BCUT2D eigenvalue weighted by atomic mass is 16.8. The lowest BCUT2D eigenvalue weighted by Crippen LogP contribution is -2.15. The Morgan fingerprint density at radius 3 is 2.56 bits per heavy atom. The van der Waals surface area contributed by atoms with Gasteiger partial charge in [0.15, 0.2) is 0 Å². The van der Waals surface area contributed by atoms with Gasteiger partial charge in [-0.2, -0.15) is 0 Å². The van der Waals surface area contributed by atoms with E-state index in [1.807, 2.05) is 0 Å². The fourth-order valence-electron chi connectivity index (χ4n) is 0.343. The first-order valence-corrected chi connectivity index (χ1v) is 2.70. The van der Waals surface area contributed by atoms with Crippen LogP contribution in [0.5, 0.6) is 0 Å². The Bertz CT molecular complexity index is 98.0. The van der Waals surface area contributed by atoms with Crippen LogP contribution in [0.25, 0.3) is 0 Å². The largest absolute Gasteiger partial charge is 0.588 e. The van der Waals surface area contributed by atoms with Crippen molar-refractivity contribution in [2.24, 2.45) is 10.8 Å². The van der Waals surface area contributed by atoms with Crippen LogP contribution < -0.4 is 5.73 Å². The molecule has 0 rings (SSSR count). The smallest absolute Gasteiger partial charge is 0.106 e. The zero-order valence-electron chi connectivity index (χ0n) is 5.28. The molecule has 5 nitrogen and oxygen atoms in total. The van der Waals surface area contributed by atoms with Gasteiger partial charge in [0.05, 0.1) is 0 Å². The molecule has 0 bridgehead atoms. The molecule has 0 saturated heterocycles. The fourth-order valence-corrected chi connectivity index (χ4v) is 0.343. The van der Waals surface area contributed by atoms with Crippen LogP contribution in [0.1, 0.15) is 13.3 Å². The zero-order chi connectivity index (χ0) is 7.28. The molecule has 0 aliphatic rings. The molecule has 1 unspecified atom stereocenters. The average Bonchev–Trinajstić information content (AvgIpc) is 1.63. The van der Waals surface area contributed by atoms with Gasteiger partial charge in [-0.3, -0.25) is 0 Å². The van der Waals surface area contributed by atoms with Gasteiger partial charge >= 0.3 is 0 Å². The van der Waals surface area contributed by atoms with Crippen LogP contribution in [0.4, 0.5) is 0 Å². The quantitative estimate of drug-likeness (QED) is 0.439. The third kappa shape index (κ3) is 7.16. The normalized spacial score (nSPS) is 12.7. The van der Waals surface area contributed by atoms with Gasteiger partial charge in [0.25, 0.3) is 0 Å². The van der Waals surface area contributed by atoms with Gasteiger partial charge in [0, 0.05) is 6.04 Å². The number of nitrogens with two attached hydrogens (primary N) is 1. The molecule has 0 aromatic rings. The minimum atomic E-state index is -0.692. The molecule has 1 atom stereocenters. The second-order valence-electron chi connectivity index (χ2n) is 1.87. The Hall–Kier alpha value is -0.840. The summed E-state index contributed by atoms with van der Waals surface area (Å²) in [6, 6.07) is -0.00583. The van der Waals surface area contributed by atoms with Gasteiger partial charge in [-0.05, 0) is 18.5 Å². The Labute approximate surface area is 53.3 Å². The van der Waals surface area contributed by atoms with Crippen LogP contribution in [0, 0.1) is 10.4 Å². The van der Waals surface area contributed by atoms with Crippen LogP contribution in [-0.2, 0) is 0 Å². The molecule has 2 N–H and O–H groups in total. The standard InChI is InChI=1S/C4H10N3O2/c1-4(5)2-3-6-7(8)9/h4H,2-3,5H2,1H3/q-1. The molecule has 0 heterocycles. The molecule has 9 heavy (non-hydrogen) atoms. The molecule has 0 amide bonds. The molecular formula is C4H10N3O2-. The summed E-state index contributed by atoms with van der Waals surface area (Å²) in [7, 11) is 0. The third-order valence-electron chi connectivity index (χ3n) is 0.800. The summed E-state index contributed by atoms with van der Waals surface area (Å²) in [5.74, 6) is 0. The summed E-state index contributed by atoms with van der Waals surface area (Å²) in [6.07, 6.45) is 0.570. The van der Waals surface area contributed by atoms with Gasteiger partial charge in [-0.1, -0.05) is 5.02 Å². The van der Waals surface area contributed by atoms with Crippen LogP contribution in [0.15, 0.2) is 5.11 Å². The highest BCUT2D eigenvalue weighted by Crippen LogP contribution is 1.86. The van der Waals surface area contributed by atoms with E-state index in [1.54, 1.807) is 6.92 Å². The highest BCUT2D eigenvalue weighted by Gasteiger charge is 1.92. The monoisotopic (exact) mass is 132 g/mol. The second kappa shape index (κ2) is 4.08. The van der Waals surface area contributed by atoms with E-state index in [1.165, 1.54) is 0 Å². The van der Waals surface area contributed by atoms with Crippen LogP contribution in [0.3, 0.4) is 0 Å². The Balaban J connectivity index is 3.20. The van der Waals surface area contributed by atoms with Crippen LogP contribution >= 0.6 is 0 Å². The second-order valence-corrected chi connectivity index (χ2v) is 1.87. The lowest BCUT2D eigenvalue weighted by Gasteiger charge is -2.00. The predicted molar refractivity (Wildman–Crippen MR) is 32.6 cm³/mol. The van der Waals surface area contributed by atoms with Gasteiger partial charge in [-0.15, -0.1) is 0 Å². The van der Waals surface area contributed by atoms with Crippen molar-refractivity contribution >= 4 is 0 Å². The summed E-state index contributed by atoms with van der Waals surface area (Å²) >= 11 is 0. The first kappa shape index (κ1) is 8.16. The molecule has 0 aliphatic heterocycles. The van der Waals surface area contributed by atoms with E-state index in [4.69, 9.17) is 5.73 Å². The molecule has 0 aromatic heterocycles. The maximum absolute atomic E-state index is 9.58. The molecule has 0 saturated carbocycles. The summed E-state index contributed by atoms with van der Waals surface area (Å²) in [5, 5.41) is 21.5. The molecule has 54 valence electrons. The number of hydrogen-bond acceptors (Lipinski definition) is 4. The van der Waals surface area contributed by atoms with E-state index in [9.17, 15) is 10.4 Å². The number of hydrogen-bond donors (Lipinski definition) is 1. The molecular weight excluding hydrogens is 122 g/mol. The lowest BCUT2D eigenvalue weighted by atomic mass is 10.3. The fraction of sp³-hybridized carbons (Fsp3) is 1.00. The van der Waals surface area contributed by atoms with E-state index in [0.717, 1.165) is 0 Å². The van der Waals surface area contributed by atoms with Crippen molar-refractivity contribution in [2.45, 2.75) is 19.4 Å². The third-order valence-corrected chi connectivity index (χ3v) is 0.800. The summed E-state index contributed by atoms with van der Waals surface area (Å²) in [6.45, 7) is 2.00. The van der Waals surface area contributed by atoms with Crippen molar-refractivity contribution < 1.29 is 5.02 Å². The van der Waals surface area contributed by atoms with Crippen molar-refractivity contribution in [3.05, 3.63) is 10.4 Å². The maximum Gasteiger partial charge on any atom is 0.106 e. The van der Waals surface area contributed by atoms with Crippen molar-refractivity contribution in [3.8, 4) is 0 Å². The van der Waals surface area contributed by atoms with Crippen molar-refractivity contribution in [2.75, 3.05) is 6.54 Å². The molecule has 0 aromatic carbocycles. The number of nitrogens with zero attached hydrogens (tertiary/aromatic N) is 2. The minimum Gasteiger partial charge on any atom is -0.588 e. The molecule has 5 heteroatoms. The van der Waals surface area contributed by atoms with Gasteiger partial charge < -0.3 is 16.1 Å². The SMILES string of the molecule is CC(N)CCN=[N+]([O-])[O-].